The van der Waals surface area contributed by atoms with Crippen molar-refractivity contribution < 1.29 is 9.47 Å². The lowest BCUT2D eigenvalue weighted by Gasteiger charge is -2.38. The molecule has 3 heteroatoms. The second-order valence-corrected chi connectivity index (χ2v) is 6.26. The molecule has 1 fully saturated rings. The van der Waals surface area contributed by atoms with Crippen LogP contribution in [0.4, 0.5) is 0 Å². The number of hydrogen-bond donors (Lipinski definition) is 1. The summed E-state index contributed by atoms with van der Waals surface area (Å²) in [7, 11) is 3.50. The summed E-state index contributed by atoms with van der Waals surface area (Å²) in [6.45, 7) is 2.82. The van der Waals surface area contributed by atoms with Crippen molar-refractivity contribution in [3.8, 4) is 5.75 Å². The Morgan fingerprint density at radius 2 is 1.95 bits per heavy atom. The van der Waals surface area contributed by atoms with E-state index in [-0.39, 0.29) is 0 Å². The van der Waals surface area contributed by atoms with Gasteiger partial charge in [-0.3, -0.25) is 0 Å². The Hall–Kier alpha value is -1.06. The van der Waals surface area contributed by atoms with E-state index in [2.05, 4.69) is 23.5 Å². The Balaban J connectivity index is 2.00. The molecule has 1 N–H and O–H groups in total. The van der Waals surface area contributed by atoms with Gasteiger partial charge in [0.25, 0.3) is 0 Å². The molecular weight excluding hydrogens is 262 g/mol. The van der Waals surface area contributed by atoms with E-state index in [4.69, 9.17) is 9.47 Å². The van der Waals surface area contributed by atoms with Crippen molar-refractivity contribution in [2.45, 2.75) is 38.5 Å². The van der Waals surface area contributed by atoms with Gasteiger partial charge in [-0.1, -0.05) is 31.4 Å². The van der Waals surface area contributed by atoms with E-state index in [1.165, 1.54) is 37.7 Å². The van der Waals surface area contributed by atoms with Crippen molar-refractivity contribution in [3.63, 3.8) is 0 Å². The summed E-state index contributed by atoms with van der Waals surface area (Å²) in [5.41, 5.74) is 1.79. The van der Waals surface area contributed by atoms with Gasteiger partial charge in [-0.2, -0.15) is 0 Å². The highest BCUT2D eigenvalue weighted by Crippen LogP contribution is 2.39. The SMILES string of the molecule is COCCNCC1(Cc2cccc(OC)c2)CCCCC1. The Morgan fingerprint density at radius 3 is 2.67 bits per heavy atom. The summed E-state index contributed by atoms with van der Waals surface area (Å²) in [6, 6.07) is 8.54. The van der Waals surface area contributed by atoms with Crippen LogP contribution >= 0.6 is 0 Å². The molecule has 0 amide bonds. The molecule has 0 heterocycles. The number of ether oxygens (including phenoxy) is 2. The molecule has 0 aliphatic heterocycles. The first kappa shape index (κ1) is 16.3. The van der Waals surface area contributed by atoms with Gasteiger partial charge >= 0.3 is 0 Å². The van der Waals surface area contributed by atoms with Crippen molar-refractivity contribution in [1.82, 2.24) is 5.32 Å². The van der Waals surface area contributed by atoms with Gasteiger partial charge in [0.15, 0.2) is 0 Å². The topological polar surface area (TPSA) is 30.5 Å². The fourth-order valence-corrected chi connectivity index (χ4v) is 3.46. The lowest BCUT2D eigenvalue weighted by Crippen LogP contribution is -2.39. The van der Waals surface area contributed by atoms with E-state index in [1.807, 2.05) is 6.07 Å². The first-order chi connectivity index (χ1) is 10.3. The maximum absolute atomic E-state index is 5.36. The fraction of sp³-hybridized carbons (Fsp3) is 0.667. The van der Waals surface area contributed by atoms with Crippen LogP contribution < -0.4 is 10.1 Å². The third-order valence-corrected chi connectivity index (χ3v) is 4.61. The van der Waals surface area contributed by atoms with E-state index in [1.54, 1.807) is 14.2 Å². The van der Waals surface area contributed by atoms with Gasteiger partial charge in [-0.05, 0) is 42.4 Å². The number of benzene rings is 1. The quantitative estimate of drug-likeness (QED) is 0.744. The van der Waals surface area contributed by atoms with Gasteiger partial charge in [-0.25, -0.2) is 0 Å². The first-order valence-electron chi connectivity index (χ1n) is 8.11. The van der Waals surface area contributed by atoms with E-state index in [9.17, 15) is 0 Å². The molecular formula is C18H29NO2. The van der Waals surface area contributed by atoms with Crippen LogP contribution in [0.3, 0.4) is 0 Å². The van der Waals surface area contributed by atoms with Gasteiger partial charge in [0.2, 0.25) is 0 Å². The summed E-state index contributed by atoms with van der Waals surface area (Å²) in [4.78, 5) is 0. The molecule has 0 radical (unpaired) electrons. The van der Waals surface area contributed by atoms with E-state index in [0.717, 1.165) is 31.9 Å². The third-order valence-electron chi connectivity index (χ3n) is 4.61. The third kappa shape index (κ3) is 5.01. The summed E-state index contributed by atoms with van der Waals surface area (Å²) in [5, 5.41) is 3.59. The maximum Gasteiger partial charge on any atom is 0.119 e. The minimum atomic E-state index is 0.401. The molecule has 0 unspecified atom stereocenters. The molecule has 118 valence electrons. The van der Waals surface area contributed by atoms with E-state index >= 15 is 0 Å². The minimum Gasteiger partial charge on any atom is -0.497 e. The van der Waals surface area contributed by atoms with Gasteiger partial charge in [0.05, 0.1) is 13.7 Å². The standard InChI is InChI=1S/C18H29NO2/c1-20-12-11-19-15-18(9-4-3-5-10-18)14-16-7-6-8-17(13-16)21-2/h6-8,13,19H,3-5,9-12,14-15H2,1-2H3. The van der Waals surface area contributed by atoms with Crippen LogP contribution in [-0.2, 0) is 11.2 Å². The normalized spacial score (nSPS) is 17.6. The van der Waals surface area contributed by atoms with Crippen molar-refractivity contribution in [2.24, 2.45) is 5.41 Å². The van der Waals surface area contributed by atoms with E-state index < -0.39 is 0 Å². The molecule has 0 saturated heterocycles. The molecule has 1 aromatic carbocycles. The zero-order valence-electron chi connectivity index (χ0n) is 13.5. The Bertz CT molecular complexity index is 413. The Labute approximate surface area is 129 Å². The van der Waals surface area contributed by atoms with Crippen LogP contribution in [0.15, 0.2) is 24.3 Å². The lowest BCUT2D eigenvalue weighted by atomic mass is 9.70. The molecule has 1 aliphatic rings. The summed E-state index contributed by atoms with van der Waals surface area (Å²) in [6.07, 6.45) is 7.89. The largest absolute Gasteiger partial charge is 0.497 e. The molecule has 21 heavy (non-hydrogen) atoms. The molecule has 0 spiro atoms. The minimum absolute atomic E-state index is 0.401. The molecule has 0 aromatic heterocycles. The van der Waals surface area contributed by atoms with Gasteiger partial charge in [0, 0.05) is 20.2 Å². The highest BCUT2D eigenvalue weighted by Gasteiger charge is 2.31. The molecule has 1 saturated carbocycles. The number of hydrogen-bond acceptors (Lipinski definition) is 3. The first-order valence-corrected chi connectivity index (χ1v) is 8.11. The Morgan fingerprint density at radius 1 is 1.14 bits per heavy atom. The van der Waals surface area contributed by atoms with Crippen LogP contribution in [0.5, 0.6) is 5.75 Å². The van der Waals surface area contributed by atoms with Crippen LogP contribution in [-0.4, -0.2) is 33.9 Å². The molecule has 3 nitrogen and oxygen atoms in total. The lowest BCUT2D eigenvalue weighted by molar-refractivity contribution is 0.162. The van der Waals surface area contributed by atoms with Crippen molar-refractivity contribution in [1.29, 1.82) is 0 Å². The predicted molar refractivity (Wildman–Crippen MR) is 87.0 cm³/mol. The molecule has 1 aromatic rings. The second kappa shape index (κ2) is 8.40. The summed E-state index contributed by atoms with van der Waals surface area (Å²) >= 11 is 0. The zero-order chi connectivity index (χ0) is 15.0. The number of methoxy groups -OCH3 is 2. The molecule has 2 rings (SSSR count). The van der Waals surface area contributed by atoms with Crippen molar-refractivity contribution in [3.05, 3.63) is 29.8 Å². The fourth-order valence-electron chi connectivity index (χ4n) is 3.46. The smallest absolute Gasteiger partial charge is 0.119 e. The highest BCUT2D eigenvalue weighted by molar-refractivity contribution is 5.29. The maximum atomic E-state index is 5.36. The summed E-state index contributed by atoms with van der Waals surface area (Å²) < 4.78 is 10.5. The van der Waals surface area contributed by atoms with E-state index in [0.29, 0.717) is 5.41 Å². The van der Waals surface area contributed by atoms with Gasteiger partial charge < -0.3 is 14.8 Å². The average molecular weight is 291 g/mol. The van der Waals surface area contributed by atoms with Crippen molar-refractivity contribution in [2.75, 3.05) is 33.9 Å². The van der Waals surface area contributed by atoms with Crippen LogP contribution in [0.25, 0.3) is 0 Å². The molecule has 0 atom stereocenters. The monoisotopic (exact) mass is 291 g/mol. The molecule has 1 aliphatic carbocycles. The molecule has 0 bridgehead atoms. The van der Waals surface area contributed by atoms with Crippen LogP contribution in [0, 0.1) is 5.41 Å². The Kier molecular flexibility index (Phi) is 6.52. The second-order valence-electron chi connectivity index (χ2n) is 6.26. The summed E-state index contributed by atoms with van der Waals surface area (Å²) in [5.74, 6) is 0.964. The van der Waals surface area contributed by atoms with Crippen molar-refractivity contribution >= 4 is 0 Å². The van der Waals surface area contributed by atoms with Gasteiger partial charge in [-0.15, -0.1) is 0 Å². The number of rotatable bonds is 8. The number of nitrogens with one attached hydrogen (secondary N) is 1. The van der Waals surface area contributed by atoms with Gasteiger partial charge in [0.1, 0.15) is 5.75 Å². The zero-order valence-corrected chi connectivity index (χ0v) is 13.5. The van der Waals surface area contributed by atoms with Crippen LogP contribution in [0.2, 0.25) is 0 Å². The predicted octanol–water partition coefficient (Wildman–Crippen LogP) is 3.42. The highest BCUT2D eigenvalue weighted by atomic mass is 16.5. The van der Waals surface area contributed by atoms with Crippen LogP contribution in [0.1, 0.15) is 37.7 Å². The average Bonchev–Trinajstić information content (AvgIpc) is 2.53.